The van der Waals surface area contributed by atoms with E-state index in [1.165, 1.54) is 12.3 Å². The van der Waals surface area contributed by atoms with Crippen molar-refractivity contribution in [1.29, 1.82) is 0 Å². The maximum Gasteiger partial charge on any atom is 0.236 e. The fourth-order valence-corrected chi connectivity index (χ4v) is 2.73. The van der Waals surface area contributed by atoms with Crippen LogP contribution in [0.5, 0.6) is 0 Å². The Morgan fingerprint density at radius 3 is 2.80 bits per heavy atom. The number of pyridine rings is 1. The number of carbonyl (C=O) groups is 1. The molecule has 3 N–H and O–H groups in total. The fourth-order valence-electron chi connectivity index (χ4n) is 1.96. The van der Waals surface area contributed by atoms with Gasteiger partial charge in [0.25, 0.3) is 0 Å². The van der Waals surface area contributed by atoms with Crippen LogP contribution in [0.15, 0.2) is 47.8 Å². The zero-order chi connectivity index (χ0) is 17.8. The van der Waals surface area contributed by atoms with Gasteiger partial charge in [-0.1, -0.05) is 35.5 Å². The van der Waals surface area contributed by atoms with E-state index in [1.807, 2.05) is 0 Å². The van der Waals surface area contributed by atoms with Crippen molar-refractivity contribution in [3.8, 4) is 11.4 Å². The Kier molecular flexibility index (Phi) is 5.15. The van der Waals surface area contributed by atoms with Gasteiger partial charge in [0.05, 0.1) is 16.3 Å². The minimum Gasteiger partial charge on any atom is -0.335 e. The number of thioether (sulfide) groups is 1. The summed E-state index contributed by atoms with van der Waals surface area (Å²) in [5, 5.41) is 11.2. The summed E-state index contributed by atoms with van der Waals surface area (Å²) in [4.78, 5) is 15.9. The molecule has 0 aliphatic heterocycles. The van der Waals surface area contributed by atoms with Gasteiger partial charge in [0, 0.05) is 6.20 Å². The number of rotatable bonds is 5. The molecular formula is C15H12ClFN6OS. The van der Waals surface area contributed by atoms with Gasteiger partial charge in [0.15, 0.2) is 5.82 Å². The van der Waals surface area contributed by atoms with E-state index in [-0.39, 0.29) is 28.2 Å². The van der Waals surface area contributed by atoms with E-state index >= 15 is 0 Å². The minimum atomic E-state index is -0.454. The third kappa shape index (κ3) is 4.06. The number of nitrogens with two attached hydrogens (primary N) is 1. The Morgan fingerprint density at radius 2 is 2.08 bits per heavy atom. The number of nitrogen functional groups attached to an aromatic ring is 1. The molecule has 128 valence electrons. The SMILES string of the molecule is Nn1c(SCC(=O)Nc2ccc(Cl)cn2)nnc1-c1ccccc1F. The molecule has 1 amide bonds. The molecule has 0 saturated carbocycles. The molecule has 1 aromatic carbocycles. The summed E-state index contributed by atoms with van der Waals surface area (Å²) in [6.45, 7) is 0. The molecule has 2 aromatic heterocycles. The van der Waals surface area contributed by atoms with Gasteiger partial charge in [0.1, 0.15) is 11.6 Å². The summed E-state index contributed by atoms with van der Waals surface area (Å²) in [5.74, 6) is 5.76. The number of nitrogens with one attached hydrogen (secondary N) is 1. The average molecular weight is 379 g/mol. The number of benzene rings is 1. The van der Waals surface area contributed by atoms with E-state index in [4.69, 9.17) is 17.4 Å². The van der Waals surface area contributed by atoms with Crippen molar-refractivity contribution in [2.75, 3.05) is 16.9 Å². The van der Waals surface area contributed by atoms with Crippen LogP contribution in [0.2, 0.25) is 5.02 Å². The summed E-state index contributed by atoms with van der Waals surface area (Å²) in [6, 6.07) is 9.31. The molecule has 0 aliphatic carbocycles. The monoisotopic (exact) mass is 378 g/mol. The summed E-state index contributed by atoms with van der Waals surface area (Å²) in [6.07, 6.45) is 1.43. The molecule has 3 rings (SSSR count). The van der Waals surface area contributed by atoms with Gasteiger partial charge < -0.3 is 11.2 Å². The van der Waals surface area contributed by atoms with Gasteiger partial charge >= 0.3 is 0 Å². The predicted octanol–water partition coefficient (Wildman–Crippen LogP) is 2.58. The topological polar surface area (TPSA) is 98.7 Å². The van der Waals surface area contributed by atoms with Gasteiger partial charge in [-0.25, -0.2) is 14.1 Å². The molecule has 0 atom stereocenters. The van der Waals surface area contributed by atoms with Crippen LogP contribution in [0, 0.1) is 5.82 Å². The Morgan fingerprint density at radius 1 is 1.28 bits per heavy atom. The van der Waals surface area contributed by atoms with Crippen LogP contribution in [0.3, 0.4) is 0 Å². The van der Waals surface area contributed by atoms with Crippen LogP contribution in [0.25, 0.3) is 11.4 Å². The molecule has 2 heterocycles. The molecule has 0 saturated heterocycles. The van der Waals surface area contributed by atoms with Crippen LogP contribution in [0.4, 0.5) is 10.2 Å². The lowest BCUT2D eigenvalue weighted by Gasteiger charge is -2.05. The van der Waals surface area contributed by atoms with E-state index in [0.717, 1.165) is 16.4 Å². The molecule has 0 bridgehead atoms. The van der Waals surface area contributed by atoms with Crippen molar-refractivity contribution < 1.29 is 9.18 Å². The van der Waals surface area contributed by atoms with Crippen molar-refractivity contribution in [2.45, 2.75) is 5.16 Å². The smallest absolute Gasteiger partial charge is 0.236 e. The Balaban J connectivity index is 1.65. The Bertz CT molecular complexity index is 901. The summed E-state index contributed by atoms with van der Waals surface area (Å²) in [7, 11) is 0. The van der Waals surface area contributed by atoms with E-state index in [9.17, 15) is 9.18 Å². The summed E-state index contributed by atoms with van der Waals surface area (Å²) >= 11 is 6.81. The van der Waals surface area contributed by atoms with Crippen LogP contribution in [-0.2, 0) is 4.79 Å². The average Bonchev–Trinajstić information content (AvgIpc) is 2.96. The number of hydrogen-bond donors (Lipinski definition) is 2. The van der Waals surface area contributed by atoms with Crippen LogP contribution < -0.4 is 11.2 Å². The second-order valence-electron chi connectivity index (χ2n) is 4.85. The van der Waals surface area contributed by atoms with Crippen LogP contribution in [-0.4, -0.2) is 31.5 Å². The first-order valence-electron chi connectivity index (χ1n) is 7.04. The molecular weight excluding hydrogens is 367 g/mol. The number of halogens is 2. The second kappa shape index (κ2) is 7.49. The first-order chi connectivity index (χ1) is 12.0. The Hall–Kier alpha value is -2.65. The zero-order valence-electron chi connectivity index (χ0n) is 12.7. The summed E-state index contributed by atoms with van der Waals surface area (Å²) in [5.41, 5.74) is 0.235. The standard InChI is InChI=1S/C15H12ClFN6OS/c16-9-5-6-12(19-7-9)20-13(24)8-25-15-22-21-14(23(15)18)10-3-1-2-4-11(10)17/h1-7H,8,18H2,(H,19,20,24). The third-order valence-electron chi connectivity index (χ3n) is 3.11. The van der Waals surface area contributed by atoms with Crippen molar-refractivity contribution in [3.63, 3.8) is 0 Å². The lowest BCUT2D eigenvalue weighted by atomic mass is 10.2. The van der Waals surface area contributed by atoms with E-state index in [1.54, 1.807) is 30.3 Å². The van der Waals surface area contributed by atoms with Crippen LogP contribution in [0.1, 0.15) is 0 Å². The highest BCUT2D eigenvalue weighted by Gasteiger charge is 2.16. The fraction of sp³-hybridized carbons (Fsp3) is 0.0667. The normalized spacial score (nSPS) is 10.6. The van der Waals surface area contributed by atoms with Gasteiger partial charge in [-0.15, -0.1) is 10.2 Å². The molecule has 3 aromatic rings. The van der Waals surface area contributed by atoms with E-state index in [2.05, 4.69) is 20.5 Å². The first kappa shape index (κ1) is 17.2. The quantitative estimate of drug-likeness (QED) is 0.523. The first-order valence-corrected chi connectivity index (χ1v) is 8.40. The van der Waals surface area contributed by atoms with Gasteiger partial charge in [-0.3, -0.25) is 4.79 Å². The van der Waals surface area contributed by atoms with Crippen molar-refractivity contribution >= 4 is 35.1 Å². The summed E-state index contributed by atoms with van der Waals surface area (Å²) < 4.78 is 15.0. The van der Waals surface area contributed by atoms with E-state index < -0.39 is 5.82 Å². The third-order valence-corrected chi connectivity index (χ3v) is 4.27. The number of carbonyl (C=O) groups excluding carboxylic acids is 1. The molecule has 10 heteroatoms. The molecule has 0 fully saturated rings. The number of nitrogens with zero attached hydrogens (tertiary/aromatic N) is 4. The number of anilines is 1. The number of amides is 1. The Labute approximate surface area is 151 Å². The molecule has 0 radical (unpaired) electrons. The van der Waals surface area contributed by atoms with Crippen molar-refractivity contribution in [1.82, 2.24) is 19.9 Å². The maximum absolute atomic E-state index is 13.8. The molecule has 0 spiro atoms. The second-order valence-corrected chi connectivity index (χ2v) is 6.23. The maximum atomic E-state index is 13.8. The minimum absolute atomic E-state index is 0.0386. The van der Waals surface area contributed by atoms with Gasteiger partial charge in [0.2, 0.25) is 11.1 Å². The number of hydrogen-bond acceptors (Lipinski definition) is 6. The van der Waals surface area contributed by atoms with Crippen molar-refractivity contribution in [2.24, 2.45) is 0 Å². The van der Waals surface area contributed by atoms with Gasteiger partial charge in [-0.2, -0.15) is 0 Å². The van der Waals surface area contributed by atoms with Crippen LogP contribution >= 0.6 is 23.4 Å². The predicted molar refractivity (Wildman–Crippen MR) is 94.2 cm³/mol. The molecule has 7 nitrogen and oxygen atoms in total. The van der Waals surface area contributed by atoms with Gasteiger partial charge in [-0.05, 0) is 24.3 Å². The highest BCUT2D eigenvalue weighted by atomic mass is 35.5. The van der Waals surface area contributed by atoms with Crippen molar-refractivity contribution in [3.05, 3.63) is 53.4 Å². The van der Waals surface area contributed by atoms with E-state index in [0.29, 0.717) is 10.8 Å². The lowest BCUT2D eigenvalue weighted by Crippen LogP contribution is -2.17. The largest absolute Gasteiger partial charge is 0.335 e. The molecule has 0 aliphatic rings. The molecule has 25 heavy (non-hydrogen) atoms. The zero-order valence-corrected chi connectivity index (χ0v) is 14.3. The molecule has 0 unspecified atom stereocenters. The lowest BCUT2D eigenvalue weighted by molar-refractivity contribution is -0.113. The number of aromatic nitrogens is 4. The highest BCUT2D eigenvalue weighted by molar-refractivity contribution is 7.99. The highest BCUT2D eigenvalue weighted by Crippen LogP contribution is 2.23.